The largest absolute Gasteiger partial charge is 0.393 e. The Morgan fingerprint density at radius 2 is 2.25 bits per heavy atom. The number of rotatable bonds is 5. The summed E-state index contributed by atoms with van der Waals surface area (Å²) in [5.74, 6) is 1.26. The van der Waals surface area contributed by atoms with Crippen LogP contribution in [0.25, 0.3) is 0 Å². The van der Waals surface area contributed by atoms with Gasteiger partial charge in [-0.05, 0) is 19.6 Å². The number of hydrogen-bond acceptors (Lipinski definition) is 6. The molecule has 5 nitrogen and oxygen atoms in total. The van der Waals surface area contributed by atoms with E-state index in [-0.39, 0.29) is 6.10 Å². The van der Waals surface area contributed by atoms with E-state index in [1.165, 1.54) is 11.8 Å². The maximum atomic E-state index is 9.22. The molecule has 0 spiro atoms. The third-order valence-electron chi connectivity index (χ3n) is 2.17. The molecule has 90 valence electrons. The van der Waals surface area contributed by atoms with Crippen LogP contribution in [0.3, 0.4) is 0 Å². The molecule has 0 saturated carbocycles. The van der Waals surface area contributed by atoms with E-state index < -0.39 is 0 Å². The number of thioether (sulfide) groups is 1. The van der Waals surface area contributed by atoms with Crippen molar-refractivity contribution in [3.05, 3.63) is 6.07 Å². The van der Waals surface area contributed by atoms with Crippen LogP contribution >= 0.6 is 11.8 Å². The van der Waals surface area contributed by atoms with Gasteiger partial charge in [0, 0.05) is 19.7 Å². The smallest absolute Gasteiger partial charge is 0.191 e. The molecule has 1 heterocycles. The Morgan fingerprint density at radius 3 is 2.81 bits per heavy atom. The molecule has 0 radical (unpaired) electrons. The first kappa shape index (κ1) is 13.1. The minimum absolute atomic E-state index is 0.304. The van der Waals surface area contributed by atoms with E-state index in [0.717, 1.165) is 12.4 Å². The molecule has 1 aromatic heterocycles. The minimum Gasteiger partial charge on any atom is -0.393 e. The standard InChI is InChI=1S/C10H18N4OS/c1-7(15)4-5-14(2)9-6-8(11)12-10(13-9)16-3/h6-7,15H,4-5H2,1-3H3,(H2,11,12,13). The summed E-state index contributed by atoms with van der Waals surface area (Å²) < 4.78 is 0. The fraction of sp³-hybridized carbons (Fsp3) is 0.600. The lowest BCUT2D eigenvalue weighted by Crippen LogP contribution is -2.23. The molecule has 0 saturated heterocycles. The van der Waals surface area contributed by atoms with Crippen LogP contribution in [0.15, 0.2) is 11.2 Å². The molecule has 0 aliphatic rings. The lowest BCUT2D eigenvalue weighted by molar-refractivity contribution is 0.187. The van der Waals surface area contributed by atoms with Crippen LogP contribution in [-0.4, -0.2) is 41.0 Å². The third-order valence-corrected chi connectivity index (χ3v) is 2.72. The van der Waals surface area contributed by atoms with E-state index in [4.69, 9.17) is 5.73 Å². The van der Waals surface area contributed by atoms with E-state index in [9.17, 15) is 5.11 Å². The van der Waals surface area contributed by atoms with Crippen molar-refractivity contribution in [3.63, 3.8) is 0 Å². The highest BCUT2D eigenvalue weighted by atomic mass is 32.2. The van der Waals surface area contributed by atoms with Crippen LogP contribution in [0.1, 0.15) is 13.3 Å². The summed E-state index contributed by atoms with van der Waals surface area (Å²) in [4.78, 5) is 10.4. The highest BCUT2D eigenvalue weighted by Crippen LogP contribution is 2.17. The number of hydrogen-bond donors (Lipinski definition) is 2. The van der Waals surface area contributed by atoms with Gasteiger partial charge in [-0.25, -0.2) is 9.97 Å². The lowest BCUT2D eigenvalue weighted by Gasteiger charge is -2.19. The van der Waals surface area contributed by atoms with Gasteiger partial charge in [-0.3, -0.25) is 0 Å². The molecule has 6 heteroatoms. The van der Waals surface area contributed by atoms with Crippen molar-refractivity contribution in [1.29, 1.82) is 0 Å². The molecule has 3 N–H and O–H groups in total. The molecule has 0 amide bonds. The molecular formula is C10H18N4OS. The van der Waals surface area contributed by atoms with E-state index in [2.05, 4.69) is 9.97 Å². The van der Waals surface area contributed by atoms with Crippen molar-refractivity contribution in [2.45, 2.75) is 24.6 Å². The molecule has 16 heavy (non-hydrogen) atoms. The van der Waals surface area contributed by atoms with E-state index in [0.29, 0.717) is 17.4 Å². The number of anilines is 2. The Bertz CT molecular complexity index is 346. The zero-order valence-electron chi connectivity index (χ0n) is 9.84. The molecule has 1 unspecified atom stereocenters. The van der Waals surface area contributed by atoms with Crippen molar-refractivity contribution in [2.75, 3.05) is 30.5 Å². The Hall–Kier alpha value is -1.01. The van der Waals surface area contributed by atoms with Gasteiger partial charge in [-0.15, -0.1) is 0 Å². The van der Waals surface area contributed by atoms with Crippen molar-refractivity contribution >= 4 is 23.4 Å². The molecule has 0 aromatic carbocycles. The minimum atomic E-state index is -0.304. The average Bonchev–Trinajstić information content (AvgIpc) is 2.24. The Kier molecular flexibility index (Phi) is 4.82. The van der Waals surface area contributed by atoms with Crippen molar-refractivity contribution in [3.8, 4) is 0 Å². The normalized spacial score (nSPS) is 12.5. The van der Waals surface area contributed by atoms with Crippen LogP contribution in [0.2, 0.25) is 0 Å². The van der Waals surface area contributed by atoms with Gasteiger partial charge in [-0.1, -0.05) is 11.8 Å². The van der Waals surface area contributed by atoms with E-state index in [1.807, 2.05) is 18.2 Å². The Balaban J connectivity index is 2.74. The van der Waals surface area contributed by atoms with Gasteiger partial charge in [-0.2, -0.15) is 0 Å². The van der Waals surface area contributed by atoms with E-state index in [1.54, 1.807) is 13.0 Å². The second kappa shape index (κ2) is 5.91. The molecule has 1 aromatic rings. The Morgan fingerprint density at radius 1 is 1.56 bits per heavy atom. The van der Waals surface area contributed by atoms with Crippen LogP contribution in [0.5, 0.6) is 0 Å². The summed E-state index contributed by atoms with van der Waals surface area (Å²) in [6.07, 6.45) is 2.31. The topological polar surface area (TPSA) is 75.3 Å². The van der Waals surface area contributed by atoms with Crippen LogP contribution < -0.4 is 10.6 Å². The maximum Gasteiger partial charge on any atom is 0.191 e. The van der Waals surface area contributed by atoms with Crippen molar-refractivity contribution in [1.82, 2.24) is 9.97 Å². The van der Waals surface area contributed by atoms with E-state index >= 15 is 0 Å². The number of nitrogen functional groups attached to an aromatic ring is 1. The first-order valence-corrected chi connectivity index (χ1v) is 6.33. The highest BCUT2D eigenvalue weighted by molar-refractivity contribution is 7.98. The third kappa shape index (κ3) is 3.86. The molecule has 1 rings (SSSR count). The second-order valence-corrected chi connectivity index (χ2v) is 4.47. The van der Waals surface area contributed by atoms with Gasteiger partial charge in [0.25, 0.3) is 0 Å². The SMILES string of the molecule is CSc1nc(N)cc(N(C)CCC(C)O)n1. The molecule has 0 bridgehead atoms. The van der Waals surface area contributed by atoms with Crippen molar-refractivity contribution < 1.29 is 5.11 Å². The van der Waals surface area contributed by atoms with Gasteiger partial charge >= 0.3 is 0 Å². The first-order chi connectivity index (χ1) is 7.52. The summed E-state index contributed by atoms with van der Waals surface area (Å²) in [6, 6.07) is 1.74. The summed E-state index contributed by atoms with van der Waals surface area (Å²) in [5, 5.41) is 9.88. The molecule has 1 atom stereocenters. The first-order valence-electron chi connectivity index (χ1n) is 5.10. The van der Waals surface area contributed by atoms with Crippen molar-refractivity contribution in [2.24, 2.45) is 0 Å². The van der Waals surface area contributed by atoms with Crippen LogP contribution in [0.4, 0.5) is 11.6 Å². The summed E-state index contributed by atoms with van der Waals surface area (Å²) in [5.41, 5.74) is 5.69. The fourth-order valence-electron chi connectivity index (χ4n) is 1.21. The molecule has 0 aliphatic carbocycles. The predicted molar refractivity (Wildman–Crippen MR) is 67.8 cm³/mol. The quantitative estimate of drug-likeness (QED) is 0.592. The monoisotopic (exact) mass is 242 g/mol. The lowest BCUT2D eigenvalue weighted by atomic mass is 10.3. The number of nitrogens with zero attached hydrogens (tertiary/aromatic N) is 3. The van der Waals surface area contributed by atoms with Gasteiger partial charge in [0.2, 0.25) is 0 Å². The van der Waals surface area contributed by atoms with Gasteiger partial charge in [0.05, 0.1) is 6.10 Å². The molecule has 0 aliphatic heterocycles. The predicted octanol–water partition coefficient (Wildman–Crippen LogP) is 0.988. The number of nitrogens with two attached hydrogens (primary N) is 1. The zero-order chi connectivity index (χ0) is 12.1. The average molecular weight is 242 g/mol. The molecule has 0 fully saturated rings. The Labute approximate surface area is 100 Å². The summed E-state index contributed by atoms with van der Waals surface area (Å²) >= 11 is 1.46. The highest BCUT2D eigenvalue weighted by Gasteiger charge is 2.07. The van der Waals surface area contributed by atoms with Crippen LogP contribution in [-0.2, 0) is 0 Å². The fourth-order valence-corrected chi connectivity index (χ4v) is 1.59. The van der Waals surface area contributed by atoms with Gasteiger partial charge < -0.3 is 15.7 Å². The van der Waals surface area contributed by atoms with Crippen LogP contribution in [0, 0.1) is 0 Å². The number of aromatic nitrogens is 2. The van der Waals surface area contributed by atoms with Gasteiger partial charge in [0.15, 0.2) is 5.16 Å². The molecular weight excluding hydrogens is 224 g/mol. The van der Waals surface area contributed by atoms with Gasteiger partial charge in [0.1, 0.15) is 11.6 Å². The number of aliphatic hydroxyl groups is 1. The maximum absolute atomic E-state index is 9.22. The summed E-state index contributed by atoms with van der Waals surface area (Å²) in [7, 11) is 1.92. The summed E-state index contributed by atoms with van der Waals surface area (Å²) in [6.45, 7) is 2.51. The second-order valence-electron chi connectivity index (χ2n) is 3.70. The zero-order valence-corrected chi connectivity index (χ0v) is 10.7. The number of aliphatic hydroxyl groups excluding tert-OH is 1.